The lowest BCUT2D eigenvalue weighted by Gasteiger charge is -2.27. The number of ether oxygens (including phenoxy) is 2. The van der Waals surface area contributed by atoms with Gasteiger partial charge in [0.1, 0.15) is 11.5 Å². The SMILES string of the molecule is COC(=O)C[C@H](C1=C(O)C(=O)C([C@@H](CC(=O)OC)c2cccc(O)c2)=C(O)C1=O)c1cccc(O)c1. The van der Waals surface area contributed by atoms with Crippen LogP contribution in [-0.4, -0.2) is 58.2 Å². The van der Waals surface area contributed by atoms with Crippen molar-refractivity contribution in [2.24, 2.45) is 0 Å². The van der Waals surface area contributed by atoms with Crippen molar-refractivity contribution in [1.82, 2.24) is 0 Å². The van der Waals surface area contributed by atoms with Crippen LogP contribution in [0.2, 0.25) is 0 Å². The number of rotatable bonds is 8. The van der Waals surface area contributed by atoms with E-state index < -0.39 is 70.8 Å². The van der Waals surface area contributed by atoms with E-state index in [1.54, 1.807) is 0 Å². The van der Waals surface area contributed by atoms with Gasteiger partial charge in [0.15, 0.2) is 11.5 Å². The molecule has 2 aromatic rings. The summed E-state index contributed by atoms with van der Waals surface area (Å²) in [6.45, 7) is 0. The van der Waals surface area contributed by atoms with E-state index in [4.69, 9.17) is 0 Å². The number of aliphatic hydroxyl groups excluding tert-OH is 2. The molecule has 0 saturated heterocycles. The maximum absolute atomic E-state index is 13.4. The zero-order valence-electron chi connectivity index (χ0n) is 19.4. The van der Waals surface area contributed by atoms with E-state index in [-0.39, 0.29) is 22.6 Å². The second-order valence-electron chi connectivity index (χ2n) is 8.04. The number of aliphatic hydroxyl groups is 2. The van der Waals surface area contributed by atoms with Crippen molar-refractivity contribution in [1.29, 1.82) is 0 Å². The van der Waals surface area contributed by atoms with E-state index in [0.29, 0.717) is 0 Å². The lowest BCUT2D eigenvalue weighted by atomic mass is 9.76. The molecule has 0 spiro atoms. The Morgan fingerprint density at radius 3 is 1.36 bits per heavy atom. The molecule has 2 aromatic carbocycles. The number of phenols is 2. The van der Waals surface area contributed by atoms with Gasteiger partial charge in [0.05, 0.1) is 38.2 Å². The molecule has 0 aliphatic heterocycles. The molecule has 0 radical (unpaired) electrons. The molecule has 1 aliphatic carbocycles. The highest BCUT2D eigenvalue weighted by molar-refractivity contribution is 6.24. The first-order valence-corrected chi connectivity index (χ1v) is 10.8. The van der Waals surface area contributed by atoms with Crippen LogP contribution >= 0.6 is 0 Å². The van der Waals surface area contributed by atoms with Crippen molar-refractivity contribution < 1.29 is 49.1 Å². The molecule has 1 aliphatic rings. The zero-order valence-corrected chi connectivity index (χ0v) is 19.4. The molecule has 0 amide bonds. The van der Waals surface area contributed by atoms with Crippen LogP contribution in [0, 0.1) is 0 Å². The highest BCUT2D eigenvalue weighted by atomic mass is 16.5. The average Bonchev–Trinajstić information content (AvgIpc) is 2.86. The third-order valence-electron chi connectivity index (χ3n) is 5.87. The largest absolute Gasteiger partial charge is 0.508 e. The molecule has 188 valence electrons. The van der Waals surface area contributed by atoms with Gasteiger partial charge in [0, 0.05) is 11.8 Å². The van der Waals surface area contributed by atoms with E-state index in [9.17, 15) is 39.6 Å². The van der Waals surface area contributed by atoms with Crippen molar-refractivity contribution in [3.8, 4) is 11.5 Å². The molecule has 4 N–H and O–H groups in total. The van der Waals surface area contributed by atoms with Gasteiger partial charge < -0.3 is 29.9 Å². The van der Waals surface area contributed by atoms with Gasteiger partial charge in [-0.3, -0.25) is 19.2 Å². The second kappa shape index (κ2) is 10.8. The molecule has 36 heavy (non-hydrogen) atoms. The first kappa shape index (κ1) is 26.0. The number of aromatic hydroxyl groups is 2. The predicted octanol–water partition coefficient (Wildman–Crippen LogP) is 2.87. The first-order chi connectivity index (χ1) is 17.1. The molecule has 0 saturated carbocycles. The maximum atomic E-state index is 13.4. The summed E-state index contributed by atoms with van der Waals surface area (Å²) in [5.41, 5.74) is -0.716. The minimum Gasteiger partial charge on any atom is -0.508 e. The minimum absolute atomic E-state index is 0.195. The van der Waals surface area contributed by atoms with Gasteiger partial charge in [-0.2, -0.15) is 0 Å². The van der Waals surface area contributed by atoms with Crippen LogP contribution in [0.3, 0.4) is 0 Å². The Labute approximate surface area is 205 Å². The predicted molar refractivity (Wildman–Crippen MR) is 124 cm³/mol. The standard InChI is InChI=1S/C26H24O10/c1-35-19(29)11-17(13-5-3-7-15(27)9-13)21-23(31)25(33)22(26(34)24(21)32)18(12-20(30)36-2)14-6-4-8-16(28)10-14/h3-10,17-18,27-28,31,34H,11-12H2,1-2H3/t17-,18-/m0/s1. The zero-order chi connectivity index (χ0) is 26.6. The molecule has 10 nitrogen and oxygen atoms in total. The van der Waals surface area contributed by atoms with Crippen LogP contribution in [0.5, 0.6) is 11.5 Å². The number of carbonyl (C=O) groups is 4. The Balaban J connectivity index is 2.16. The van der Waals surface area contributed by atoms with Gasteiger partial charge in [-0.1, -0.05) is 24.3 Å². The smallest absolute Gasteiger partial charge is 0.306 e. The number of hydrogen-bond acceptors (Lipinski definition) is 10. The summed E-state index contributed by atoms with van der Waals surface area (Å²) in [7, 11) is 2.23. The molecule has 10 heteroatoms. The number of ketones is 2. The summed E-state index contributed by atoms with van der Waals surface area (Å²) >= 11 is 0. The topological polar surface area (TPSA) is 168 Å². The lowest BCUT2D eigenvalue weighted by molar-refractivity contribution is -0.142. The molecule has 0 aromatic heterocycles. The minimum atomic E-state index is -1.25. The maximum Gasteiger partial charge on any atom is 0.306 e. The first-order valence-electron chi connectivity index (χ1n) is 10.8. The van der Waals surface area contributed by atoms with Crippen LogP contribution in [0.15, 0.2) is 71.2 Å². The molecule has 0 fully saturated rings. The highest BCUT2D eigenvalue weighted by Gasteiger charge is 2.43. The third kappa shape index (κ3) is 5.22. The van der Waals surface area contributed by atoms with Crippen LogP contribution in [-0.2, 0) is 28.7 Å². The summed E-state index contributed by atoms with van der Waals surface area (Å²) < 4.78 is 9.36. The summed E-state index contributed by atoms with van der Waals surface area (Å²) in [6, 6.07) is 11.0. The molecular weight excluding hydrogens is 472 g/mol. The van der Waals surface area contributed by atoms with Gasteiger partial charge in [0.2, 0.25) is 11.6 Å². The van der Waals surface area contributed by atoms with Crippen molar-refractivity contribution in [3.63, 3.8) is 0 Å². The number of allylic oxidation sites excluding steroid dienone is 2. The Kier molecular flexibility index (Phi) is 7.78. The lowest BCUT2D eigenvalue weighted by Crippen LogP contribution is -2.31. The van der Waals surface area contributed by atoms with E-state index >= 15 is 0 Å². The van der Waals surface area contributed by atoms with E-state index in [1.807, 2.05) is 0 Å². The number of methoxy groups -OCH3 is 2. The molecule has 3 rings (SSSR count). The monoisotopic (exact) mass is 496 g/mol. The third-order valence-corrected chi connectivity index (χ3v) is 5.87. The number of esters is 2. The summed E-state index contributed by atoms with van der Waals surface area (Å²) in [6.07, 6.45) is -0.974. The van der Waals surface area contributed by atoms with E-state index in [1.165, 1.54) is 48.5 Å². The fourth-order valence-electron chi connectivity index (χ4n) is 4.12. The van der Waals surface area contributed by atoms with Gasteiger partial charge in [-0.15, -0.1) is 0 Å². The number of phenolic OH excluding ortho intramolecular Hbond substituents is 2. The fraction of sp³-hybridized carbons (Fsp3) is 0.231. The van der Waals surface area contributed by atoms with E-state index in [2.05, 4.69) is 9.47 Å². The van der Waals surface area contributed by atoms with Crippen LogP contribution in [0.1, 0.15) is 35.8 Å². The normalized spacial score (nSPS) is 15.5. The van der Waals surface area contributed by atoms with Gasteiger partial charge in [0.25, 0.3) is 0 Å². The van der Waals surface area contributed by atoms with Crippen molar-refractivity contribution in [2.75, 3.05) is 14.2 Å². The molecule has 0 unspecified atom stereocenters. The fourth-order valence-corrected chi connectivity index (χ4v) is 4.12. The van der Waals surface area contributed by atoms with Gasteiger partial charge in [-0.25, -0.2) is 0 Å². The number of carbonyl (C=O) groups excluding carboxylic acids is 4. The summed E-state index contributed by atoms with van der Waals surface area (Å²) in [5, 5.41) is 41.6. The molecule has 0 bridgehead atoms. The van der Waals surface area contributed by atoms with Gasteiger partial charge in [-0.05, 0) is 35.4 Å². The quantitative estimate of drug-likeness (QED) is 0.315. The van der Waals surface area contributed by atoms with Crippen molar-refractivity contribution in [2.45, 2.75) is 24.7 Å². The second-order valence-corrected chi connectivity index (χ2v) is 8.04. The van der Waals surface area contributed by atoms with Crippen molar-refractivity contribution in [3.05, 3.63) is 82.3 Å². The molecule has 2 atom stereocenters. The Morgan fingerprint density at radius 2 is 1.06 bits per heavy atom. The number of benzene rings is 2. The Morgan fingerprint density at radius 1 is 0.694 bits per heavy atom. The molecular formula is C26H24O10. The summed E-state index contributed by atoms with van der Waals surface area (Å²) in [5.74, 6) is -8.78. The average molecular weight is 496 g/mol. The number of hydrogen-bond donors (Lipinski definition) is 4. The Bertz CT molecular complexity index is 1190. The summed E-state index contributed by atoms with van der Waals surface area (Å²) in [4.78, 5) is 50.9. The highest BCUT2D eigenvalue weighted by Crippen LogP contribution is 2.41. The van der Waals surface area contributed by atoms with Gasteiger partial charge >= 0.3 is 11.9 Å². The molecule has 0 heterocycles. The van der Waals surface area contributed by atoms with E-state index in [0.717, 1.165) is 14.2 Å². The van der Waals surface area contributed by atoms with Crippen LogP contribution < -0.4 is 0 Å². The Hall–Kier alpha value is -4.60. The van der Waals surface area contributed by atoms with Crippen LogP contribution in [0.25, 0.3) is 0 Å². The van der Waals surface area contributed by atoms with Crippen molar-refractivity contribution >= 4 is 23.5 Å². The van der Waals surface area contributed by atoms with Crippen LogP contribution in [0.4, 0.5) is 0 Å². The number of Topliss-reactive ketones (excluding diaryl/α,β-unsaturated/α-hetero) is 2.